The second-order valence-corrected chi connectivity index (χ2v) is 3.92. The Morgan fingerprint density at radius 2 is 2.13 bits per heavy atom. The van der Waals surface area contributed by atoms with Crippen molar-refractivity contribution < 1.29 is 19.8 Å². The molecule has 0 radical (unpaired) electrons. The van der Waals surface area contributed by atoms with Crippen molar-refractivity contribution in [2.45, 2.75) is 32.2 Å². The number of carbonyl (C=O) groups excluding carboxylic acids is 1. The van der Waals surface area contributed by atoms with E-state index in [0.717, 1.165) is 19.3 Å². The minimum absolute atomic E-state index is 0.0852. The fourth-order valence-corrected chi connectivity index (χ4v) is 1.83. The monoisotopic (exact) mass is 215 g/mol. The lowest BCUT2D eigenvalue weighted by molar-refractivity contribution is -0.152. The average molecular weight is 215 g/mol. The van der Waals surface area contributed by atoms with Gasteiger partial charge in [0.1, 0.15) is 5.92 Å². The maximum Gasteiger partial charge on any atom is 0.315 e. The first-order valence-electron chi connectivity index (χ1n) is 5.22. The minimum Gasteiger partial charge on any atom is -0.481 e. The molecule has 0 bridgehead atoms. The number of rotatable bonds is 3. The topological polar surface area (TPSA) is 77.8 Å². The number of likely N-dealkylation sites (tertiary alicyclic amines) is 1. The predicted octanol–water partition coefficient (Wildman–Crippen LogP) is 0.0805. The molecule has 0 aliphatic carbocycles. The molecule has 5 heteroatoms. The molecule has 1 rings (SSSR count). The summed E-state index contributed by atoms with van der Waals surface area (Å²) in [7, 11) is 0. The van der Waals surface area contributed by atoms with E-state index >= 15 is 0 Å². The van der Waals surface area contributed by atoms with Crippen LogP contribution in [0, 0.1) is 5.92 Å². The van der Waals surface area contributed by atoms with Crippen molar-refractivity contribution in [2.75, 3.05) is 13.2 Å². The fraction of sp³-hybridized carbons (Fsp3) is 0.800. The molecule has 1 heterocycles. The molecule has 1 fully saturated rings. The highest BCUT2D eigenvalue weighted by Gasteiger charge is 2.32. The van der Waals surface area contributed by atoms with Gasteiger partial charge in [0, 0.05) is 6.54 Å². The predicted molar refractivity (Wildman–Crippen MR) is 53.2 cm³/mol. The summed E-state index contributed by atoms with van der Waals surface area (Å²) in [5.41, 5.74) is 0. The van der Waals surface area contributed by atoms with Crippen molar-refractivity contribution in [1.29, 1.82) is 0 Å². The molecule has 1 saturated heterocycles. The average Bonchev–Trinajstić information content (AvgIpc) is 2.26. The smallest absolute Gasteiger partial charge is 0.315 e. The van der Waals surface area contributed by atoms with Crippen molar-refractivity contribution in [1.82, 2.24) is 4.90 Å². The van der Waals surface area contributed by atoms with E-state index in [1.54, 1.807) is 0 Å². The molecule has 2 N–H and O–H groups in total. The number of aliphatic carboxylic acids is 1. The van der Waals surface area contributed by atoms with Crippen molar-refractivity contribution in [3.05, 3.63) is 0 Å². The van der Waals surface area contributed by atoms with Crippen LogP contribution >= 0.6 is 0 Å². The molecule has 1 aliphatic heterocycles. The summed E-state index contributed by atoms with van der Waals surface area (Å²) in [5, 5.41) is 17.8. The van der Waals surface area contributed by atoms with E-state index in [2.05, 4.69) is 0 Å². The van der Waals surface area contributed by atoms with Gasteiger partial charge in [0.15, 0.2) is 0 Å². The molecule has 0 aromatic rings. The maximum atomic E-state index is 11.7. The van der Waals surface area contributed by atoms with Gasteiger partial charge in [-0.3, -0.25) is 9.59 Å². The molecule has 1 amide bonds. The summed E-state index contributed by atoms with van der Waals surface area (Å²) < 4.78 is 0. The summed E-state index contributed by atoms with van der Waals surface area (Å²) >= 11 is 0. The number of aliphatic hydroxyl groups is 1. The highest BCUT2D eigenvalue weighted by Crippen LogP contribution is 2.19. The van der Waals surface area contributed by atoms with Gasteiger partial charge in [-0.15, -0.1) is 0 Å². The van der Waals surface area contributed by atoms with Gasteiger partial charge >= 0.3 is 5.97 Å². The first-order chi connectivity index (χ1) is 7.07. The minimum atomic E-state index is -1.11. The van der Waals surface area contributed by atoms with Crippen LogP contribution < -0.4 is 0 Å². The standard InChI is InChI=1S/C10H17NO4/c1-7(10(14)15)9(13)11-5-3-2-4-8(11)6-12/h7-8,12H,2-6H2,1H3,(H,14,15). The Balaban J connectivity index is 2.67. The van der Waals surface area contributed by atoms with Crippen LogP contribution in [0.5, 0.6) is 0 Å². The van der Waals surface area contributed by atoms with Crippen LogP contribution in [0.15, 0.2) is 0 Å². The van der Waals surface area contributed by atoms with Gasteiger partial charge in [-0.25, -0.2) is 0 Å². The van der Waals surface area contributed by atoms with Crippen molar-refractivity contribution in [3.63, 3.8) is 0 Å². The summed E-state index contributed by atoms with van der Waals surface area (Å²) in [5.74, 6) is -2.51. The van der Waals surface area contributed by atoms with Crippen LogP contribution in [0.25, 0.3) is 0 Å². The molecule has 0 spiro atoms. The van der Waals surface area contributed by atoms with Crippen LogP contribution in [0.3, 0.4) is 0 Å². The molecule has 0 aromatic heterocycles. The van der Waals surface area contributed by atoms with E-state index < -0.39 is 11.9 Å². The van der Waals surface area contributed by atoms with E-state index in [4.69, 9.17) is 10.2 Å². The third-order valence-electron chi connectivity index (χ3n) is 2.86. The Morgan fingerprint density at radius 1 is 1.47 bits per heavy atom. The van der Waals surface area contributed by atoms with Gasteiger partial charge in [0.05, 0.1) is 12.6 Å². The number of piperidine rings is 1. The lowest BCUT2D eigenvalue weighted by Gasteiger charge is -2.35. The Morgan fingerprint density at radius 3 is 2.67 bits per heavy atom. The molecule has 86 valence electrons. The Kier molecular flexibility index (Phi) is 4.08. The number of aliphatic hydroxyl groups excluding tert-OH is 1. The summed E-state index contributed by atoms with van der Waals surface area (Å²) in [6.45, 7) is 1.85. The zero-order valence-electron chi connectivity index (χ0n) is 8.85. The molecular weight excluding hydrogens is 198 g/mol. The molecule has 5 nitrogen and oxygen atoms in total. The zero-order valence-corrected chi connectivity index (χ0v) is 8.85. The SMILES string of the molecule is CC(C(=O)O)C(=O)N1CCCCC1CO. The molecule has 1 aliphatic rings. The van der Waals surface area contributed by atoms with E-state index in [1.165, 1.54) is 11.8 Å². The van der Waals surface area contributed by atoms with Gasteiger partial charge in [0.25, 0.3) is 0 Å². The third-order valence-corrected chi connectivity index (χ3v) is 2.86. The maximum absolute atomic E-state index is 11.7. The zero-order chi connectivity index (χ0) is 11.4. The number of carboxylic acid groups (broad SMARTS) is 1. The van der Waals surface area contributed by atoms with Crippen LogP contribution in [-0.4, -0.2) is 46.2 Å². The summed E-state index contributed by atoms with van der Waals surface area (Å²) in [4.78, 5) is 23.9. The second kappa shape index (κ2) is 5.11. The molecule has 0 aromatic carbocycles. The lowest BCUT2D eigenvalue weighted by atomic mass is 10.0. The Labute approximate surface area is 88.7 Å². The van der Waals surface area contributed by atoms with E-state index in [-0.39, 0.29) is 18.6 Å². The number of hydrogen-bond acceptors (Lipinski definition) is 3. The van der Waals surface area contributed by atoms with Crippen LogP contribution in [-0.2, 0) is 9.59 Å². The Hall–Kier alpha value is -1.10. The van der Waals surface area contributed by atoms with Gasteiger partial charge in [0.2, 0.25) is 5.91 Å². The first-order valence-corrected chi connectivity index (χ1v) is 5.22. The first kappa shape index (κ1) is 12.0. The fourth-order valence-electron chi connectivity index (χ4n) is 1.83. The quantitative estimate of drug-likeness (QED) is 0.653. The van der Waals surface area contributed by atoms with Gasteiger partial charge in [-0.2, -0.15) is 0 Å². The number of hydrogen-bond donors (Lipinski definition) is 2. The van der Waals surface area contributed by atoms with Crippen molar-refractivity contribution in [3.8, 4) is 0 Å². The third kappa shape index (κ3) is 2.68. The number of carboxylic acids is 1. The summed E-state index contributed by atoms with van der Waals surface area (Å²) in [6, 6.07) is -0.201. The van der Waals surface area contributed by atoms with Crippen LogP contribution in [0.4, 0.5) is 0 Å². The van der Waals surface area contributed by atoms with Gasteiger partial charge < -0.3 is 15.1 Å². The highest BCUT2D eigenvalue weighted by molar-refractivity contribution is 5.96. The lowest BCUT2D eigenvalue weighted by Crippen LogP contribution is -2.48. The number of nitrogens with zero attached hydrogens (tertiary/aromatic N) is 1. The van der Waals surface area contributed by atoms with E-state index in [1.807, 2.05) is 0 Å². The second-order valence-electron chi connectivity index (χ2n) is 3.92. The van der Waals surface area contributed by atoms with E-state index in [9.17, 15) is 9.59 Å². The molecule has 15 heavy (non-hydrogen) atoms. The molecule has 2 atom stereocenters. The normalized spacial score (nSPS) is 23.6. The van der Waals surface area contributed by atoms with E-state index in [0.29, 0.717) is 6.54 Å². The van der Waals surface area contributed by atoms with Gasteiger partial charge in [-0.1, -0.05) is 0 Å². The van der Waals surface area contributed by atoms with Crippen LogP contribution in [0.1, 0.15) is 26.2 Å². The summed E-state index contributed by atoms with van der Waals surface area (Å²) in [6.07, 6.45) is 2.62. The molecule has 0 saturated carbocycles. The Bertz CT molecular complexity index is 254. The van der Waals surface area contributed by atoms with Gasteiger partial charge in [-0.05, 0) is 26.2 Å². The van der Waals surface area contributed by atoms with Crippen molar-refractivity contribution in [2.24, 2.45) is 5.92 Å². The number of carbonyl (C=O) groups is 2. The number of amides is 1. The largest absolute Gasteiger partial charge is 0.481 e. The van der Waals surface area contributed by atoms with Crippen LogP contribution in [0.2, 0.25) is 0 Å². The molecule has 2 unspecified atom stereocenters. The highest BCUT2D eigenvalue weighted by atomic mass is 16.4. The molecular formula is C10H17NO4. The van der Waals surface area contributed by atoms with Crippen molar-refractivity contribution >= 4 is 11.9 Å².